The van der Waals surface area contributed by atoms with Crippen LogP contribution in [-0.4, -0.2) is 14.4 Å². The number of ether oxygens (including phenoxy) is 1. The van der Waals surface area contributed by atoms with Gasteiger partial charge in [-0.25, -0.2) is 37.0 Å². The van der Waals surface area contributed by atoms with Gasteiger partial charge >= 0.3 is 5.97 Å². The van der Waals surface area contributed by atoms with E-state index in [9.17, 15) is 13.2 Å². The lowest BCUT2D eigenvalue weighted by Gasteiger charge is -2.17. The molecule has 3 aromatic rings. The second-order valence-corrected chi connectivity index (χ2v) is 9.93. The fourth-order valence-corrected chi connectivity index (χ4v) is 3.96. The van der Waals surface area contributed by atoms with Crippen LogP contribution in [0.3, 0.4) is 0 Å². The molecule has 0 saturated heterocycles. The van der Waals surface area contributed by atoms with Crippen molar-refractivity contribution in [2.75, 3.05) is 0 Å². The number of hydrogen-bond donors (Lipinski definition) is 1. The lowest BCUT2D eigenvalue weighted by atomic mass is 10.0. The standard InChI is InChI=1S/C24H27N2O4S.ClHO4/c1-3-21-14-20(19-8-6-5-7-9-19)15-22(4-2)26(21)16-24(27)30-17-18-10-12-23(13-11-18)31(25,28)29;2-1(3,4)5/h5-15H,3-4,16-17H2,1-2H3,(H2,25,28,29);(H,2,3,4,5)/q+1;/p-1. The quantitative estimate of drug-likeness (QED) is 0.262. The van der Waals surface area contributed by atoms with Gasteiger partial charge in [0.05, 0.1) is 4.90 Å². The summed E-state index contributed by atoms with van der Waals surface area (Å²) in [5.74, 6) is -0.350. The Labute approximate surface area is 212 Å². The van der Waals surface area contributed by atoms with Crippen molar-refractivity contribution in [3.05, 3.63) is 83.7 Å². The van der Waals surface area contributed by atoms with Crippen molar-refractivity contribution < 1.29 is 51.4 Å². The summed E-state index contributed by atoms with van der Waals surface area (Å²) in [6.07, 6.45) is 1.58. The first kappa shape index (κ1) is 29.3. The molecule has 0 saturated carbocycles. The number of rotatable bonds is 8. The monoisotopic (exact) mass is 538 g/mol. The third-order valence-electron chi connectivity index (χ3n) is 5.11. The third kappa shape index (κ3) is 9.63. The van der Waals surface area contributed by atoms with Crippen molar-refractivity contribution in [1.29, 1.82) is 0 Å². The average Bonchev–Trinajstić information content (AvgIpc) is 2.82. The number of carbonyl (C=O) groups is 1. The molecule has 12 heteroatoms. The smallest absolute Gasteiger partial charge is 0.373 e. The molecule has 0 aliphatic carbocycles. The van der Waals surface area contributed by atoms with Crippen LogP contribution in [0.1, 0.15) is 30.8 Å². The zero-order chi connectivity index (χ0) is 26.9. The first-order valence-corrected chi connectivity index (χ1v) is 13.6. The van der Waals surface area contributed by atoms with E-state index in [4.69, 9.17) is 28.5 Å². The van der Waals surface area contributed by atoms with Crippen LogP contribution in [0.15, 0.2) is 71.6 Å². The van der Waals surface area contributed by atoms with Gasteiger partial charge in [-0.3, -0.25) is 0 Å². The van der Waals surface area contributed by atoms with E-state index in [-0.39, 0.29) is 24.0 Å². The Morgan fingerprint density at radius 2 is 1.39 bits per heavy atom. The van der Waals surface area contributed by atoms with E-state index >= 15 is 0 Å². The lowest BCUT2D eigenvalue weighted by molar-refractivity contribution is -2.00. The van der Waals surface area contributed by atoms with E-state index < -0.39 is 20.3 Å². The van der Waals surface area contributed by atoms with Crippen molar-refractivity contribution >= 4 is 16.0 Å². The van der Waals surface area contributed by atoms with E-state index in [1.54, 1.807) is 12.1 Å². The van der Waals surface area contributed by atoms with Crippen molar-refractivity contribution in [3.8, 4) is 11.1 Å². The summed E-state index contributed by atoms with van der Waals surface area (Å²) in [5.41, 5.74) is 5.09. The number of nitrogens with two attached hydrogens (primary N) is 1. The van der Waals surface area contributed by atoms with Gasteiger partial charge in [0.1, 0.15) is 6.61 Å². The molecule has 0 radical (unpaired) electrons. The molecular weight excluding hydrogens is 512 g/mol. The van der Waals surface area contributed by atoms with Crippen molar-refractivity contribution in [3.63, 3.8) is 0 Å². The summed E-state index contributed by atoms with van der Waals surface area (Å²) in [6, 6.07) is 20.4. The molecule has 0 amide bonds. The van der Waals surface area contributed by atoms with Gasteiger partial charge in [-0.05, 0) is 28.8 Å². The van der Waals surface area contributed by atoms with Gasteiger partial charge < -0.3 is 4.74 Å². The van der Waals surface area contributed by atoms with Crippen molar-refractivity contribution in [2.24, 2.45) is 5.14 Å². The van der Waals surface area contributed by atoms with Crippen molar-refractivity contribution in [1.82, 2.24) is 0 Å². The molecular formula is C24H27ClN2O8S. The Morgan fingerprint density at radius 1 is 0.889 bits per heavy atom. The van der Waals surface area contributed by atoms with Gasteiger partial charge in [-0.15, -0.1) is 10.2 Å². The van der Waals surface area contributed by atoms with Gasteiger partial charge in [-0.1, -0.05) is 56.3 Å². The summed E-state index contributed by atoms with van der Waals surface area (Å²) < 4.78 is 64.1. The number of carbonyl (C=O) groups excluding carboxylic acids is 1. The maximum atomic E-state index is 12.5. The maximum Gasteiger partial charge on any atom is 0.373 e. The SMILES string of the molecule is CCc1cc(-c2ccccc2)cc(CC)[n+]1CC(=O)OCc1ccc(S(N)(=O)=O)cc1.[O-][Cl+3]([O-])([O-])[O-]. The Kier molecular flexibility index (Phi) is 10.5. The summed E-state index contributed by atoms with van der Waals surface area (Å²) in [7, 11) is -8.69. The zero-order valence-corrected chi connectivity index (χ0v) is 21.3. The molecule has 3 rings (SSSR count). The molecule has 36 heavy (non-hydrogen) atoms. The number of sulfonamides is 1. The van der Waals surface area contributed by atoms with E-state index in [1.165, 1.54) is 12.1 Å². The molecule has 0 unspecified atom stereocenters. The maximum absolute atomic E-state index is 12.5. The van der Waals surface area contributed by atoms with Crippen LogP contribution in [0.25, 0.3) is 11.1 Å². The minimum atomic E-state index is -4.94. The molecule has 0 bridgehead atoms. The number of pyridine rings is 1. The number of esters is 1. The van der Waals surface area contributed by atoms with E-state index in [1.807, 2.05) is 22.8 Å². The summed E-state index contributed by atoms with van der Waals surface area (Å²) in [6.45, 7) is 4.32. The number of benzene rings is 2. The van der Waals surface area contributed by atoms with E-state index in [0.717, 1.165) is 35.4 Å². The van der Waals surface area contributed by atoms with E-state index in [0.29, 0.717) is 5.56 Å². The number of aromatic nitrogens is 1. The fourth-order valence-electron chi connectivity index (χ4n) is 3.44. The predicted molar refractivity (Wildman–Crippen MR) is 118 cm³/mol. The van der Waals surface area contributed by atoms with Gasteiger partial charge in [0.2, 0.25) is 16.6 Å². The molecule has 194 valence electrons. The third-order valence-corrected chi connectivity index (χ3v) is 6.04. The summed E-state index contributed by atoms with van der Waals surface area (Å²) in [4.78, 5) is 12.6. The Balaban J connectivity index is 0.000000830. The number of aryl methyl sites for hydroxylation is 2. The highest BCUT2D eigenvalue weighted by molar-refractivity contribution is 7.89. The van der Waals surface area contributed by atoms with Gasteiger partial charge in [0, 0.05) is 25.0 Å². The molecule has 0 atom stereocenters. The van der Waals surface area contributed by atoms with Gasteiger partial charge in [0.25, 0.3) is 0 Å². The summed E-state index contributed by atoms with van der Waals surface area (Å²) >= 11 is 0. The molecule has 1 heterocycles. The molecule has 2 aromatic carbocycles. The fraction of sp³-hybridized carbons (Fsp3) is 0.250. The minimum absolute atomic E-state index is 0.0248. The first-order chi connectivity index (χ1) is 16.8. The van der Waals surface area contributed by atoms with Crippen LogP contribution in [0.2, 0.25) is 0 Å². The Bertz CT molecular complexity index is 1230. The Hall–Kier alpha value is -2.90. The number of hydrogen-bond acceptors (Lipinski definition) is 8. The second-order valence-electron chi connectivity index (χ2n) is 7.61. The first-order valence-electron chi connectivity index (χ1n) is 10.8. The minimum Gasteiger partial charge on any atom is -0.456 e. The zero-order valence-electron chi connectivity index (χ0n) is 19.8. The normalized spacial score (nSPS) is 11.4. The number of primary sulfonamides is 1. The molecule has 2 N–H and O–H groups in total. The van der Waals surface area contributed by atoms with Gasteiger partial charge in [0.15, 0.2) is 11.4 Å². The van der Waals surface area contributed by atoms with E-state index in [2.05, 4.69) is 38.1 Å². The number of halogens is 1. The van der Waals surface area contributed by atoms with Crippen LogP contribution >= 0.6 is 0 Å². The topological polar surface area (TPSA) is 183 Å². The van der Waals surface area contributed by atoms with Crippen LogP contribution in [-0.2, 0) is 45.5 Å². The van der Waals surface area contributed by atoms with Crippen LogP contribution < -0.4 is 28.3 Å². The highest BCUT2D eigenvalue weighted by Gasteiger charge is 2.21. The van der Waals surface area contributed by atoms with Crippen LogP contribution in [0, 0.1) is 10.2 Å². The predicted octanol–water partition coefficient (Wildman–Crippen LogP) is -1.60. The highest BCUT2D eigenvalue weighted by Crippen LogP contribution is 2.21. The summed E-state index contributed by atoms with van der Waals surface area (Å²) in [5, 5.41) is 5.10. The molecule has 10 nitrogen and oxygen atoms in total. The molecule has 0 spiro atoms. The highest BCUT2D eigenvalue weighted by atomic mass is 35.7. The Morgan fingerprint density at radius 3 is 1.83 bits per heavy atom. The van der Waals surface area contributed by atoms with Gasteiger partial charge in [-0.2, -0.15) is 4.57 Å². The van der Waals surface area contributed by atoms with Crippen LogP contribution in [0.4, 0.5) is 0 Å². The average molecular weight is 539 g/mol. The lowest BCUT2D eigenvalue weighted by Crippen LogP contribution is -2.68. The van der Waals surface area contributed by atoms with Crippen molar-refractivity contribution in [2.45, 2.75) is 44.7 Å². The second kappa shape index (κ2) is 12.9. The molecule has 0 fully saturated rings. The molecule has 0 aliphatic rings. The largest absolute Gasteiger partial charge is 0.456 e. The molecule has 1 aromatic heterocycles. The van der Waals surface area contributed by atoms with Crippen LogP contribution in [0.5, 0.6) is 0 Å². The molecule has 0 aliphatic heterocycles. The number of nitrogens with zero attached hydrogens (tertiary/aromatic N) is 1.